The second kappa shape index (κ2) is 8.62. The molecule has 30 heavy (non-hydrogen) atoms. The van der Waals surface area contributed by atoms with Crippen molar-refractivity contribution >= 4 is 23.4 Å². The molecule has 0 aliphatic carbocycles. The van der Waals surface area contributed by atoms with Gasteiger partial charge in [-0.3, -0.25) is 9.59 Å². The van der Waals surface area contributed by atoms with Crippen molar-refractivity contribution < 1.29 is 14.0 Å². The number of hydrogen-bond acceptors (Lipinski definition) is 4. The molecule has 9 heteroatoms. The van der Waals surface area contributed by atoms with Gasteiger partial charge in [0.15, 0.2) is 5.69 Å². The largest absolute Gasteiger partial charge is 0.349 e. The summed E-state index contributed by atoms with van der Waals surface area (Å²) in [6, 6.07) is 12.7. The van der Waals surface area contributed by atoms with Gasteiger partial charge in [-0.25, -0.2) is 9.07 Å². The molecule has 1 aromatic heterocycles. The number of aromatic nitrogens is 3. The Morgan fingerprint density at radius 1 is 1.10 bits per heavy atom. The topological polar surface area (TPSA) is 80.1 Å². The molecule has 154 valence electrons. The van der Waals surface area contributed by atoms with E-state index in [1.165, 1.54) is 23.0 Å². The van der Waals surface area contributed by atoms with E-state index in [0.29, 0.717) is 42.2 Å². The van der Waals surface area contributed by atoms with E-state index in [9.17, 15) is 14.0 Å². The maximum Gasteiger partial charge on any atom is 0.276 e. The number of hydrogen-bond donors (Lipinski definition) is 1. The molecule has 1 N–H and O–H groups in total. The minimum absolute atomic E-state index is 0.0245. The first kappa shape index (κ1) is 20.0. The Hall–Kier alpha value is -3.26. The number of carbonyl (C=O) groups is 2. The van der Waals surface area contributed by atoms with Gasteiger partial charge in [0.05, 0.1) is 11.9 Å². The quantitative estimate of drug-likeness (QED) is 0.693. The van der Waals surface area contributed by atoms with Gasteiger partial charge < -0.3 is 10.2 Å². The average Bonchev–Trinajstić information content (AvgIpc) is 3.24. The Labute approximate surface area is 177 Å². The standard InChI is InChI=1S/C21H19ClFN5O2/c22-15-4-1-3-14(11-15)20(29)24-17-7-9-27(10-8-17)21(30)19-13-28(26-25-19)18-6-2-5-16(23)12-18/h1-6,11-13,17H,7-10H2,(H,24,29). The van der Waals surface area contributed by atoms with Crippen LogP contribution in [-0.4, -0.2) is 50.8 Å². The minimum Gasteiger partial charge on any atom is -0.349 e. The molecule has 0 spiro atoms. The van der Waals surface area contributed by atoms with E-state index < -0.39 is 5.82 Å². The molecule has 1 aliphatic rings. The second-order valence-electron chi connectivity index (χ2n) is 7.08. The fraction of sp³-hybridized carbons (Fsp3) is 0.238. The van der Waals surface area contributed by atoms with E-state index in [1.807, 2.05) is 0 Å². The first-order chi connectivity index (χ1) is 14.5. The Bertz CT molecular complexity index is 1080. The summed E-state index contributed by atoms with van der Waals surface area (Å²) >= 11 is 5.94. The zero-order chi connectivity index (χ0) is 21.1. The van der Waals surface area contributed by atoms with Gasteiger partial charge in [-0.05, 0) is 49.2 Å². The number of rotatable bonds is 4. The highest BCUT2D eigenvalue weighted by Gasteiger charge is 2.26. The third-order valence-corrected chi connectivity index (χ3v) is 5.22. The number of likely N-dealkylation sites (tertiary alicyclic amines) is 1. The molecule has 2 aromatic carbocycles. The molecule has 0 saturated carbocycles. The van der Waals surface area contributed by atoms with E-state index in [1.54, 1.807) is 41.3 Å². The van der Waals surface area contributed by atoms with Crippen LogP contribution >= 0.6 is 11.6 Å². The smallest absolute Gasteiger partial charge is 0.276 e. The van der Waals surface area contributed by atoms with Crippen LogP contribution in [0.1, 0.15) is 33.7 Å². The van der Waals surface area contributed by atoms with Crippen LogP contribution in [-0.2, 0) is 0 Å². The van der Waals surface area contributed by atoms with E-state index in [4.69, 9.17) is 11.6 Å². The Balaban J connectivity index is 1.34. The van der Waals surface area contributed by atoms with E-state index >= 15 is 0 Å². The summed E-state index contributed by atoms with van der Waals surface area (Å²) in [5, 5.41) is 11.4. The van der Waals surface area contributed by atoms with Gasteiger partial charge in [0.2, 0.25) is 0 Å². The maximum atomic E-state index is 13.4. The Kier molecular flexibility index (Phi) is 5.76. The molecule has 2 amide bonds. The van der Waals surface area contributed by atoms with Crippen molar-refractivity contribution in [1.82, 2.24) is 25.2 Å². The molecular formula is C21H19ClFN5O2. The van der Waals surface area contributed by atoms with Gasteiger partial charge >= 0.3 is 0 Å². The van der Waals surface area contributed by atoms with Crippen LogP contribution in [0.4, 0.5) is 4.39 Å². The number of piperidine rings is 1. The molecule has 7 nitrogen and oxygen atoms in total. The van der Waals surface area contributed by atoms with Gasteiger partial charge in [-0.1, -0.05) is 28.9 Å². The normalized spacial score (nSPS) is 14.5. The van der Waals surface area contributed by atoms with Crippen LogP contribution in [0, 0.1) is 5.82 Å². The molecule has 1 fully saturated rings. The lowest BCUT2D eigenvalue weighted by Crippen LogP contribution is -2.46. The molecule has 4 rings (SSSR count). The van der Waals surface area contributed by atoms with E-state index in [-0.39, 0.29) is 23.6 Å². The monoisotopic (exact) mass is 427 g/mol. The van der Waals surface area contributed by atoms with Gasteiger partial charge in [0.1, 0.15) is 5.82 Å². The summed E-state index contributed by atoms with van der Waals surface area (Å²) in [4.78, 5) is 26.8. The Morgan fingerprint density at radius 2 is 1.87 bits per heavy atom. The predicted octanol–water partition coefficient (Wildman–Crippen LogP) is 3.09. The summed E-state index contributed by atoms with van der Waals surface area (Å²) in [5.74, 6) is -0.810. The van der Waals surface area contributed by atoms with Crippen LogP contribution in [0.15, 0.2) is 54.7 Å². The van der Waals surface area contributed by atoms with Gasteiger partial charge in [0.25, 0.3) is 11.8 Å². The van der Waals surface area contributed by atoms with Crippen LogP contribution in [0.3, 0.4) is 0 Å². The molecular weight excluding hydrogens is 409 g/mol. The molecule has 0 unspecified atom stereocenters. The van der Waals surface area contributed by atoms with Crippen molar-refractivity contribution in [3.05, 3.63) is 76.8 Å². The molecule has 0 radical (unpaired) electrons. The van der Waals surface area contributed by atoms with Crippen molar-refractivity contribution in [1.29, 1.82) is 0 Å². The molecule has 0 bridgehead atoms. The summed E-state index contributed by atoms with van der Waals surface area (Å²) < 4.78 is 14.8. The predicted molar refractivity (Wildman–Crippen MR) is 109 cm³/mol. The van der Waals surface area contributed by atoms with Gasteiger partial charge in [-0.15, -0.1) is 5.10 Å². The lowest BCUT2D eigenvalue weighted by molar-refractivity contribution is 0.0692. The van der Waals surface area contributed by atoms with Gasteiger partial charge in [-0.2, -0.15) is 0 Å². The van der Waals surface area contributed by atoms with Crippen LogP contribution < -0.4 is 5.32 Å². The summed E-state index contributed by atoms with van der Waals surface area (Å²) in [6.45, 7) is 0.984. The highest BCUT2D eigenvalue weighted by molar-refractivity contribution is 6.30. The fourth-order valence-corrected chi connectivity index (χ4v) is 3.58. The van der Waals surface area contributed by atoms with E-state index in [0.717, 1.165) is 0 Å². The summed E-state index contributed by atoms with van der Waals surface area (Å²) in [5.41, 5.74) is 1.19. The number of nitrogens with zero attached hydrogens (tertiary/aromatic N) is 4. The number of amides is 2. The molecule has 2 heterocycles. The van der Waals surface area contributed by atoms with Crippen molar-refractivity contribution in [2.24, 2.45) is 0 Å². The van der Waals surface area contributed by atoms with E-state index in [2.05, 4.69) is 15.6 Å². The summed E-state index contributed by atoms with van der Waals surface area (Å²) in [6.07, 6.45) is 2.76. The number of nitrogens with one attached hydrogen (secondary N) is 1. The minimum atomic E-state index is -0.391. The van der Waals surface area contributed by atoms with Crippen molar-refractivity contribution in [2.75, 3.05) is 13.1 Å². The highest BCUT2D eigenvalue weighted by Crippen LogP contribution is 2.16. The third kappa shape index (κ3) is 4.49. The summed E-state index contributed by atoms with van der Waals surface area (Å²) in [7, 11) is 0. The number of benzene rings is 2. The lowest BCUT2D eigenvalue weighted by Gasteiger charge is -2.31. The SMILES string of the molecule is O=C(NC1CCN(C(=O)c2cn(-c3cccc(F)c3)nn2)CC1)c1cccc(Cl)c1. The molecule has 0 atom stereocenters. The first-order valence-electron chi connectivity index (χ1n) is 9.53. The lowest BCUT2D eigenvalue weighted by atomic mass is 10.0. The van der Waals surface area contributed by atoms with Crippen LogP contribution in [0.25, 0.3) is 5.69 Å². The first-order valence-corrected chi connectivity index (χ1v) is 9.91. The van der Waals surface area contributed by atoms with Crippen molar-refractivity contribution in [3.8, 4) is 5.69 Å². The number of halogens is 2. The average molecular weight is 428 g/mol. The second-order valence-corrected chi connectivity index (χ2v) is 7.51. The molecule has 3 aromatic rings. The zero-order valence-corrected chi connectivity index (χ0v) is 16.7. The van der Waals surface area contributed by atoms with Crippen molar-refractivity contribution in [2.45, 2.75) is 18.9 Å². The van der Waals surface area contributed by atoms with Crippen LogP contribution in [0.5, 0.6) is 0 Å². The van der Waals surface area contributed by atoms with Gasteiger partial charge in [0, 0.05) is 29.7 Å². The molecule has 1 saturated heterocycles. The highest BCUT2D eigenvalue weighted by atomic mass is 35.5. The zero-order valence-electron chi connectivity index (χ0n) is 16.0. The number of carbonyl (C=O) groups excluding carboxylic acids is 2. The fourth-order valence-electron chi connectivity index (χ4n) is 3.39. The molecule has 1 aliphatic heterocycles. The third-order valence-electron chi connectivity index (χ3n) is 4.99. The maximum absolute atomic E-state index is 13.4. The van der Waals surface area contributed by atoms with Crippen molar-refractivity contribution in [3.63, 3.8) is 0 Å². The van der Waals surface area contributed by atoms with Crippen LogP contribution in [0.2, 0.25) is 5.02 Å². The Morgan fingerprint density at radius 3 is 2.60 bits per heavy atom.